The molecule has 0 bridgehead atoms. The fourth-order valence-corrected chi connectivity index (χ4v) is 3.12. The number of hydrogen-bond acceptors (Lipinski definition) is 4. The lowest BCUT2D eigenvalue weighted by molar-refractivity contribution is 0.698. The summed E-state index contributed by atoms with van der Waals surface area (Å²) in [6.45, 7) is 2.84. The van der Waals surface area contributed by atoms with E-state index in [4.69, 9.17) is 12.2 Å². The van der Waals surface area contributed by atoms with Gasteiger partial charge < -0.3 is 4.98 Å². The number of nitrogens with zero attached hydrogens (tertiary/aromatic N) is 4. The van der Waals surface area contributed by atoms with Crippen molar-refractivity contribution in [2.75, 3.05) is 0 Å². The minimum Gasteiger partial charge on any atom is -0.328 e. The Morgan fingerprint density at radius 3 is 3.00 bits per heavy atom. The van der Waals surface area contributed by atoms with Gasteiger partial charge >= 0.3 is 0 Å². The van der Waals surface area contributed by atoms with Crippen LogP contribution in [0.1, 0.15) is 24.7 Å². The molecule has 0 unspecified atom stereocenters. The molecule has 0 fully saturated rings. The molecule has 0 aliphatic carbocycles. The second-order valence-corrected chi connectivity index (χ2v) is 5.62. The number of aromatic amines is 1. The minimum atomic E-state index is 0.688. The van der Waals surface area contributed by atoms with Gasteiger partial charge in [0.2, 0.25) is 0 Å². The number of nitrogens with one attached hydrogen (secondary N) is 1. The molecule has 5 nitrogen and oxygen atoms in total. The zero-order valence-corrected chi connectivity index (χ0v) is 12.5. The molecule has 0 aliphatic rings. The van der Waals surface area contributed by atoms with Crippen LogP contribution in [-0.2, 0) is 20.0 Å². The zero-order chi connectivity index (χ0) is 13.4. The van der Waals surface area contributed by atoms with Crippen LogP contribution in [-0.4, -0.2) is 24.3 Å². The zero-order valence-electron chi connectivity index (χ0n) is 10.9. The van der Waals surface area contributed by atoms with E-state index in [9.17, 15) is 0 Å². The Morgan fingerprint density at radius 2 is 2.32 bits per heavy atom. The molecule has 3 heterocycles. The van der Waals surface area contributed by atoms with Crippen LogP contribution in [0, 0.1) is 4.77 Å². The van der Waals surface area contributed by atoms with E-state index < -0.39 is 0 Å². The van der Waals surface area contributed by atoms with E-state index >= 15 is 0 Å². The first-order valence-electron chi connectivity index (χ1n) is 6.22. The summed E-state index contributed by atoms with van der Waals surface area (Å²) in [6, 6.07) is 0. The number of imidazole rings is 1. The van der Waals surface area contributed by atoms with Crippen molar-refractivity contribution in [2.45, 2.75) is 26.3 Å². The summed E-state index contributed by atoms with van der Waals surface area (Å²) in [5, 5.41) is 6.62. The molecule has 3 aromatic heterocycles. The molecule has 0 spiro atoms. The highest BCUT2D eigenvalue weighted by Gasteiger charge is 2.15. The summed E-state index contributed by atoms with van der Waals surface area (Å²) >= 11 is 7.02. The van der Waals surface area contributed by atoms with Gasteiger partial charge in [0.1, 0.15) is 5.52 Å². The highest BCUT2D eigenvalue weighted by molar-refractivity contribution is 7.71. The molecule has 0 amide bonds. The monoisotopic (exact) mass is 293 g/mol. The Morgan fingerprint density at radius 1 is 1.47 bits per heavy atom. The van der Waals surface area contributed by atoms with Crippen LogP contribution in [0.3, 0.4) is 0 Å². The van der Waals surface area contributed by atoms with E-state index in [1.807, 2.05) is 22.6 Å². The summed E-state index contributed by atoms with van der Waals surface area (Å²) in [4.78, 5) is 7.60. The first kappa shape index (κ1) is 12.6. The van der Waals surface area contributed by atoms with Gasteiger partial charge in [-0.3, -0.25) is 9.25 Å². The van der Waals surface area contributed by atoms with Crippen LogP contribution in [0.2, 0.25) is 0 Å². The minimum absolute atomic E-state index is 0.688. The fourth-order valence-electron chi connectivity index (χ4n) is 2.31. The van der Waals surface area contributed by atoms with Gasteiger partial charge in [-0.2, -0.15) is 5.10 Å². The first-order valence-corrected chi connectivity index (χ1v) is 7.57. The quantitative estimate of drug-likeness (QED) is 0.753. The van der Waals surface area contributed by atoms with Gasteiger partial charge in [0.15, 0.2) is 10.4 Å². The number of fused-ring (bicyclic) bond motifs is 1. The Hall–Kier alpha value is -1.47. The van der Waals surface area contributed by atoms with Crippen molar-refractivity contribution in [2.24, 2.45) is 7.05 Å². The summed E-state index contributed by atoms with van der Waals surface area (Å²) in [6.07, 6.45) is 2.04. The van der Waals surface area contributed by atoms with Crippen molar-refractivity contribution in [1.29, 1.82) is 0 Å². The third-order valence-corrected chi connectivity index (χ3v) is 4.07. The molecule has 0 aliphatic heterocycles. The van der Waals surface area contributed by atoms with E-state index in [0.29, 0.717) is 6.54 Å². The summed E-state index contributed by atoms with van der Waals surface area (Å²) in [5.41, 5.74) is 6.06. The molecule has 0 saturated heterocycles. The second kappa shape index (κ2) is 4.90. The van der Waals surface area contributed by atoms with E-state index in [-0.39, 0.29) is 0 Å². The lowest BCUT2D eigenvalue weighted by atomic mass is 10.2. The Balaban J connectivity index is 2.14. The molecule has 100 valence electrons. The van der Waals surface area contributed by atoms with Crippen LogP contribution in [0.25, 0.3) is 11.2 Å². The lowest BCUT2D eigenvalue weighted by Crippen LogP contribution is -2.04. The van der Waals surface area contributed by atoms with Gasteiger partial charge in [-0.05, 0) is 18.6 Å². The van der Waals surface area contributed by atoms with E-state index in [1.54, 1.807) is 11.3 Å². The van der Waals surface area contributed by atoms with Crippen LogP contribution in [0.15, 0.2) is 10.9 Å². The lowest BCUT2D eigenvalue weighted by Gasteiger charge is -2.01. The van der Waals surface area contributed by atoms with Crippen LogP contribution >= 0.6 is 23.6 Å². The van der Waals surface area contributed by atoms with E-state index in [2.05, 4.69) is 26.6 Å². The third-order valence-electron chi connectivity index (χ3n) is 3.11. The summed E-state index contributed by atoms with van der Waals surface area (Å²) in [5.74, 6) is 0. The predicted molar refractivity (Wildman–Crippen MR) is 79.1 cm³/mol. The molecule has 0 radical (unpaired) electrons. The summed E-state index contributed by atoms with van der Waals surface area (Å²) in [7, 11) is 1.96. The van der Waals surface area contributed by atoms with Gasteiger partial charge in [-0.15, -0.1) is 11.3 Å². The Labute approximate surface area is 119 Å². The Kier molecular flexibility index (Phi) is 3.24. The largest absolute Gasteiger partial charge is 0.328 e. The molecule has 3 aromatic rings. The van der Waals surface area contributed by atoms with Crippen molar-refractivity contribution in [3.8, 4) is 0 Å². The van der Waals surface area contributed by atoms with E-state index in [1.165, 1.54) is 0 Å². The smallest absolute Gasteiger partial charge is 0.179 e. The number of H-pyrrole nitrogens is 1. The normalized spacial score (nSPS) is 11.5. The topological polar surface area (TPSA) is 51.4 Å². The molecule has 7 heteroatoms. The van der Waals surface area contributed by atoms with Gasteiger partial charge in [0, 0.05) is 12.4 Å². The highest BCUT2D eigenvalue weighted by Crippen LogP contribution is 2.20. The van der Waals surface area contributed by atoms with Crippen LogP contribution in [0.5, 0.6) is 0 Å². The number of hydrogen-bond donors (Lipinski definition) is 1. The highest BCUT2D eigenvalue weighted by atomic mass is 32.1. The predicted octanol–water partition coefficient (Wildman–Crippen LogP) is 2.89. The molecule has 0 aromatic carbocycles. The van der Waals surface area contributed by atoms with Gasteiger partial charge in [0.25, 0.3) is 0 Å². The molecule has 0 atom stereocenters. The van der Waals surface area contributed by atoms with Gasteiger partial charge in [-0.25, -0.2) is 4.98 Å². The summed E-state index contributed by atoms with van der Waals surface area (Å²) < 4.78 is 4.69. The maximum atomic E-state index is 5.43. The standard InChI is InChI=1S/C12H15N5S2/c1-3-4-9-10-11(16(2)15-9)17(12(18)14-10)5-8-6-19-7-13-8/h6-7H,3-5H2,1-2H3,(H,14,18). The number of aromatic nitrogens is 5. The van der Waals surface area contributed by atoms with Crippen molar-refractivity contribution < 1.29 is 0 Å². The number of aryl methyl sites for hydroxylation is 2. The number of thiazole rings is 1. The average Bonchev–Trinajstić information content (AvgIpc) is 3.04. The molecule has 0 saturated carbocycles. The fraction of sp³-hybridized carbons (Fsp3) is 0.417. The van der Waals surface area contributed by atoms with Crippen molar-refractivity contribution in [3.63, 3.8) is 0 Å². The molecular weight excluding hydrogens is 278 g/mol. The number of rotatable bonds is 4. The maximum Gasteiger partial charge on any atom is 0.179 e. The second-order valence-electron chi connectivity index (χ2n) is 4.51. The van der Waals surface area contributed by atoms with Crippen molar-refractivity contribution in [1.82, 2.24) is 24.3 Å². The first-order chi connectivity index (χ1) is 9.20. The van der Waals surface area contributed by atoms with Crippen molar-refractivity contribution in [3.05, 3.63) is 27.0 Å². The van der Waals surface area contributed by atoms with Crippen LogP contribution < -0.4 is 0 Å². The average molecular weight is 293 g/mol. The molecule has 19 heavy (non-hydrogen) atoms. The van der Waals surface area contributed by atoms with Gasteiger partial charge in [-0.1, -0.05) is 13.3 Å². The molecular formula is C12H15N5S2. The van der Waals surface area contributed by atoms with Crippen molar-refractivity contribution >= 4 is 34.7 Å². The molecule has 3 rings (SSSR count). The Bertz CT molecular complexity index is 747. The SMILES string of the molecule is CCCc1nn(C)c2c1[nH]c(=S)n2Cc1cscn1. The molecule has 1 N–H and O–H groups in total. The third kappa shape index (κ3) is 2.12. The van der Waals surface area contributed by atoms with E-state index in [0.717, 1.165) is 40.2 Å². The van der Waals surface area contributed by atoms with Gasteiger partial charge in [0.05, 0.1) is 23.4 Å². The maximum absolute atomic E-state index is 5.43. The van der Waals surface area contributed by atoms with Crippen LogP contribution in [0.4, 0.5) is 0 Å².